The first-order valence-corrected chi connectivity index (χ1v) is 10.1. The maximum atomic E-state index is 12.8. The number of likely N-dealkylation sites (tertiary alicyclic amines) is 1. The molecule has 3 aromatic rings. The average molecular weight is 400 g/mol. The molecule has 1 atom stereocenters. The van der Waals surface area contributed by atoms with Crippen molar-refractivity contribution in [2.45, 2.75) is 19.8 Å². The average Bonchev–Trinajstić information content (AvgIpc) is 3.22. The van der Waals surface area contributed by atoms with Crippen molar-refractivity contribution in [1.29, 1.82) is 0 Å². The van der Waals surface area contributed by atoms with Gasteiger partial charge in [-0.25, -0.2) is 9.97 Å². The van der Waals surface area contributed by atoms with Crippen LogP contribution in [0.2, 0.25) is 0 Å². The molecule has 4 rings (SSSR count). The van der Waals surface area contributed by atoms with Gasteiger partial charge in [0.15, 0.2) is 0 Å². The van der Waals surface area contributed by atoms with Gasteiger partial charge in [-0.15, -0.1) is 0 Å². The van der Waals surface area contributed by atoms with Crippen LogP contribution in [0.25, 0.3) is 10.9 Å². The van der Waals surface area contributed by atoms with E-state index < -0.39 is 0 Å². The van der Waals surface area contributed by atoms with Crippen LogP contribution in [0.15, 0.2) is 61.3 Å². The molecular weight excluding hydrogens is 376 g/mol. The Morgan fingerprint density at radius 2 is 2.03 bits per heavy atom. The van der Waals surface area contributed by atoms with Gasteiger partial charge in [0, 0.05) is 42.3 Å². The van der Waals surface area contributed by atoms with E-state index in [0.29, 0.717) is 23.7 Å². The Morgan fingerprint density at radius 3 is 2.80 bits per heavy atom. The minimum absolute atomic E-state index is 0.00847. The number of hydrogen-bond acceptors (Lipinski definition) is 4. The topological polar surface area (TPSA) is 75.2 Å². The summed E-state index contributed by atoms with van der Waals surface area (Å²) in [4.78, 5) is 35.3. The summed E-state index contributed by atoms with van der Waals surface area (Å²) in [5.74, 6) is 0.911. The van der Waals surface area contributed by atoms with E-state index in [9.17, 15) is 9.59 Å². The first-order valence-electron chi connectivity index (χ1n) is 10.1. The van der Waals surface area contributed by atoms with Crippen molar-refractivity contribution < 1.29 is 9.59 Å². The fourth-order valence-corrected chi connectivity index (χ4v) is 3.78. The Bertz CT molecular complexity index is 1110. The highest BCUT2D eigenvalue weighted by Gasteiger charge is 2.27. The van der Waals surface area contributed by atoms with Crippen LogP contribution in [0.3, 0.4) is 0 Å². The largest absolute Gasteiger partial charge is 0.338 e. The van der Waals surface area contributed by atoms with E-state index in [1.165, 1.54) is 11.6 Å². The van der Waals surface area contributed by atoms with Crippen molar-refractivity contribution in [2.75, 3.05) is 18.4 Å². The van der Waals surface area contributed by atoms with Gasteiger partial charge in [-0.1, -0.05) is 18.7 Å². The molecule has 1 aliphatic rings. The van der Waals surface area contributed by atoms with Crippen LogP contribution >= 0.6 is 0 Å². The van der Waals surface area contributed by atoms with Crippen LogP contribution < -0.4 is 5.32 Å². The summed E-state index contributed by atoms with van der Waals surface area (Å²) in [5.41, 5.74) is 3.40. The molecule has 0 aliphatic carbocycles. The van der Waals surface area contributed by atoms with Crippen LogP contribution in [-0.2, 0) is 11.2 Å². The second-order valence-electron chi connectivity index (χ2n) is 7.73. The van der Waals surface area contributed by atoms with Gasteiger partial charge < -0.3 is 10.2 Å². The molecule has 1 fully saturated rings. The highest BCUT2D eigenvalue weighted by molar-refractivity contribution is 5.99. The van der Waals surface area contributed by atoms with E-state index in [-0.39, 0.29) is 11.8 Å². The predicted octanol–water partition coefficient (Wildman–Crippen LogP) is 3.77. The van der Waals surface area contributed by atoms with Crippen LogP contribution in [0.4, 0.5) is 5.69 Å². The highest BCUT2D eigenvalue weighted by atomic mass is 16.2. The number of nitrogens with one attached hydrogen (secondary N) is 1. The molecule has 1 N–H and O–H groups in total. The van der Waals surface area contributed by atoms with Gasteiger partial charge in [0.2, 0.25) is 5.91 Å². The zero-order valence-electron chi connectivity index (χ0n) is 17.0. The molecule has 0 unspecified atom stereocenters. The zero-order chi connectivity index (χ0) is 21.1. The molecule has 0 radical (unpaired) electrons. The summed E-state index contributed by atoms with van der Waals surface area (Å²) in [6, 6.07) is 13.1. The van der Waals surface area contributed by atoms with Gasteiger partial charge in [0.05, 0.1) is 5.52 Å². The van der Waals surface area contributed by atoms with Gasteiger partial charge in [0.25, 0.3) is 5.91 Å². The second kappa shape index (κ2) is 8.45. The molecule has 6 nitrogen and oxygen atoms in total. The number of hydrogen-bond donors (Lipinski definition) is 1. The molecule has 0 saturated carbocycles. The van der Waals surface area contributed by atoms with Gasteiger partial charge in [0.1, 0.15) is 5.82 Å². The molecule has 0 spiro atoms. The van der Waals surface area contributed by atoms with Crippen molar-refractivity contribution in [3.05, 3.63) is 78.3 Å². The molecule has 0 bridgehead atoms. The normalized spacial score (nSPS) is 15.9. The smallest absolute Gasteiger partial charge is 0.253 e. The van der Waals surface area contributed by atoms with E-state index in [1.54, 1.807) is 24.3 Å². The summed E-state index contributed by atoms with van der Waals surface area (Å²) in [6.45, 7) is 6.91. The van der Waals surface area contributed by atoms with Crippen LogP contribution in [-0.4, -0.2) is 39.8 Å². The molecule has 2 aromatic carbocycles. The quantitative estimate of drug-likeness (QED) is 0.662. The Hall–Kier alpha value is -3.54. The Morgan fingerprint density at radius 1 is 1.23 bits per heavy atom. The number of nitrogens with zero attached hydrogens (tertiary/aromatic N) is 3. The fourth-order valence-electron chi connectivity index (χ4n) is 3.78. The lowest BCUT2D eigenvalue weighted by atomic mass is 10.0. The number of benzene rings is 2. The Kier molecular flexibility index (Phi) is 5.57. The number of carbonyl (C=O) groups is 2. The summed E-state index contributed by atoms with van der Waals surface area (Å²) >= 11 is 0. The molecule has 152 valence electrons. The predicted molar refractivity (Wildman–Crippen MR) is 117 cm³/mol. The fraction of sp³-hybridized carbons (Fsp3) is 0.250. The third kappa shape index (κ3) is 4.38. The first kappa shape index (κ1) is 19.8. The highest BCUT2D eigenvalue weighted by Crippen LogP contribution is 2.23. The molecule has 1 saturated heterocycles. The Labute approximate surface area is 175 Å². The second-order valence-corrected chi connectivity index (χ2v) is 7.73. The molecule has 6 heteroatoms. The molecule has 1 aliphatic heterocycles. The molecule has 30 heavy (non-hydrogen) atoms. The maximum absolute atomic E-state index is 12.8. The van der Waals surface area contributed by atoms with Gasteiger partial charge in [-0.05, 0) is 61.2 Å². The monoisotopic (exact) mass is 400 g/mol. The molecule has 2 heterocycles. The summed E-state index contributed by atoms with van der Waals surface area (Å²) in [6.07, 6.45) is 4.79. The molecule has 2 amide bonds. The third-order valence-corrected chi connectivity index (χ3v) is 5.42. The number of carbonyl (C=O) groups excluding carboxylic acids is 2. The summed E-state index contributed by atoms with van der Waals surface area (Å²) in [5, 5.41) is 3.72. The maximum Gasteiger partial charge on any atom is 0.253 e. The molecule has 1 aromatic heterocycles. The van der Waals surface area contributed by atoms with E-state index in [1.807, 2.05) is 17.2 Å². The minimum Gasteiger partial charge on any atom is -0.338 e. The first-order chi connectivity index (χ1) is 14.5. The summed E-state index contributed by atoms with van der Waals surface area (Å²) in [7, 11) is 0. The zero-order valence-corrected chi connectivity index (χ0v) is 17.0. The van der Waals surface area contributed by atoms with E-state index in [0.717, 1.165) is 36.1 Å². The van der Waals surface area contributed by atoms with Crippen LogP contribution in [0, 0.1) is 12.8 Å². The van der Waals surface area contributed by atoms with Gasteiger partial charge in [-0.3, -0.25) is 9.59 Å². The van der Waals surface area contributed by atoms with Crippen molar-refractivity contribution in [3.8, 4) is 0 Å². The van der Waals surface area contributed by atoms with Crippen LogP contribution in [0.1, 0.15) is 28.2 Å². The SMILES string of the molecule is C=CC(=O)Nc1ccc(C(=O)N2CC[C@@H](Cc3ncc4ccc(C)cc4n3)C2)cc1. The lowest BCUT2D eigenvalue weighted by Gasteiger charge is -2.17. The van der Waals surface area contributed by atoms with Gasteiger partial charge in [-0.2, -0.15) is 0 Å². The van der Waals surface area contributed by atoms with Crippen molar-refractivity contribution in [3.63, 3.8) is 0 Å². The minimum atomic E-state index is -0.275. The standard InChI is InChI=1S/C24H24N4O2/c1-3-23(29)26-20-8-6-18(7-9-20)24(30)28-11-10-17(15-28)13-22-25-14-19-5-4-16(2)12-21(19)27-22/h3-9,12,14,17H,1,10-11,13,15H2,2H3,(H,26,29)/t17-/m0/s1. The third-order valence-electron chi connectivity index (χ3n) is 5.42. The van der Waals surface area contributed by atoms with Crippen LogP contribution in [0.5, 0.6) is 0 Å². The van der Waals surface area contributed by atoms with E-state index in [4.69, 9.17) is 4.98 Å². The number of amides is 2. The van der Waals surface area contributed by atoms with Crippen molar-refractivity contribution in [2.24, 2.45) is 5.92 Å². The Balaban J connectivity index is 1.38. The van der Waals surface area contributed by atoms with Crippen molar-refractivity contribution >= 4 is 28.4 Å². The van der Waals surface area contributed by atoms with E-state index in [2.05, 4.69) is 35.9 Å². The van der Waals surface area contributed by atoms with Crippen molar-refractivity contribution in [1.82, 2.24) is 14.9 Å². The number of aromatic nitrogens is 2. The van der Waals surface area contributed by atoms with Gasteiger partial charge >= 0.3 is 0 Å². The lowest BCUT2D eigenvalue weighted by molar-refractivity contribution is -0.111. The summed E-state index contributed by atoms with van der Waals surface area (Å²) < 4.78 is 0. The molecular formula is C24H24N4O2. The lowest BCUT2D eigenvalue weighted by Crippen LogP contribution is -2.29. The number of aryl methyl sites for hydroxylation is 1. The number of anilines is 1. The number of fused-ring (bicyclic) bond motifs is 1. The number of rotatable bonds is 5. The van der Waals surface area contributed by atoms with E-state index >= 15 is 0 Å².